The van der Waals surface area contributed by atoms with Crippen LogP contribution in [-0.2, 0) is 9.53 Å². The quantitative estimate of drug-likeness (QED) is 0.385. The molecule has 3 aromatic rings. The average Bonchev–Trinajstić information content (AvgIpc) is 3.07. The average molecular weight is 350 g/mol. The van der Waals surface area contributed by atoms with Gasteiger partial charge in [0.15, 0.2) is 0 Å². The first-order valence-electron chi connectivity index (χ1n) is 8.78. The highest BCUT2D eigenvalue weighted by Crippen LogP contribution is 2.28. The number of amides is 1. The minimum Gasteiger partial charge on any atom is -0.382 e. The van der Waals surface area contributed by atoms with Crippen molar-refractivity contribution in [3.63, 3.8) is 0 Å². The molecule has 0 saturated carbocycles. The molecule has 5 nitrogen and oxygen atoms in total. The zero-order valence-electron chi connectivity index (χ0n) is 14.8. The number of ketones is 1. The van der Waals surface area contributed by atoms with Crippen molar-refractivity contribution < 1.29 is 14.3 Å². The molecule has 0 fully saturated rings. The number of nitrogens with one attached hydrogen (secondary N) is 1. The van der Waals surface area contributed by atoms with Crippen LogP contribution in [0.5, 0.6) is 0 Å². The van der Waals surface area contributed by atoms with E-state index in [4.69, 9.17) is 4.74 Å². The monoisotopic (exact) mass is 350 g/mol. The van der Waals surface area contributed by atoms with Gasteiger partial charge in [0.25, 0.3) is 11.7 Å². The van der Waals surface area contributed by atoms with Gasteiger partial charge < -0.3 is 14.5 Å². The minimum absolute atomic E-state index is 0.383. The van der Waals surface area contributed by atoms with E-state index in [-0.39, 0.29) is 0 Å². The Kier molecular flexibility index (Phi) is 5.81. The van der Waals surface area contributed by atoms with Crippen molar-refractivity contribution in [2.75, 3.05) is 19.8 Å². The van der Waals surface area contributed by atoms with E-state index < -0.39 is 11.7 Å². The lowest BCUT2D eigenvalue weighted by Gasteiger charge is -2.08. The Bertz CT molecular complexity index is 900. The highest BCUT2D eigenvalue weighted by atomic mass is 16.5. The maximum absolute atomic E-state index is 12.9. The molecule has 5 heteroatoms. The largest absolute Gasteiger partial charge is 0.382 e. The van der Waals surface area contributed by atoms with Gasteiger partial charge in [-0.1, -0.05) is 36.4 Å². The minimum atomic E-state index is -0.595. The first-order valence-corrected chi connectivity index (χ1v) is 8.78. The molecule has 134 valence electrons. The number of benzene rings is 1. The second-order valence-electron chi connectivity index (χ2n) is 5.90. The first-order chi connectivity index (χ1) is 12.7. The van der Waals surface area contributed by atoms with Gasteiger partial charge in [-0.25, -0.2) is 0 Å². The predicted octanol–water partition coefficient (Wildman–Crippen LogP) is 3.33. The molecule has 0 bridgehead atoms. The van der Waals surface area contributed by atoms with Crippen LogP contribution in [-0.4, -0.2) is 35.8 Å². The van der Waals surface area contributed by atoms with Crippen LogP contribution in [0.3, 0.4) is 0 Å². The molecule has 1 N–H and O–H groups in total. The van der Waals surface area contributed by atoms with Crippen LogP contribution in [0.25, 0.3) is 16.6 Å². The molecule has 2 heterocycles. The lowest BCUT2D eigenvalue weighted by atomic mass is 10.0. The van der Waals surface area contributed by atoms with E-state index >= 15 is 0 Å². The molecule has 0 unspecified atom stereocenters. The van der Waals surface area contributed by atoms with Crippen molar-refractivity contribution in [2.24, 2.45) is 0 Å². The number of fused-ring (bicyclic) bond motifs is 1. The van der Waals surface area contributed by atoms with Gasteiger partial charge in [-0.15, -0.1) is 0 Å². The summed E-state index contributed by atoms with van der Waals surface area (Å²) in [6, 6.07) is 17.2. The highest BCUT2D eigenvalue weighted by Gasteiger charge is 2.24. The molecule has 3 rings (SSSR count). The van der Waals surface area contributed by atoms with Gasteiger partial charge in [-0.2, -0.15) is 0 Å². The van der Waals surface area contributed by atoms with E-state index in [1.165, 1.54) is 0 Å². The fourth-order valence-electron chi connectivity index (χ4n) is 2.90. The summed E-state index contributed by atoms with van der Waals surface area (Å²) in [5.74, 6) is -1.13. The summed E-state index contributed by atoms with van der Waals surface area (Å²) in [6.45, 7) is 3.54. The van der Waals surface area contributed by atoms with E-state index in [9.17, 15) is 9.59 Å². The Morgan fingerprint density at radius 2 is 1.85 bits per heavy atom. The van der Waals surface area contributed by atoms with Gasteiger partial charge in [0.2, 0.25) is 0 Å². The third kappa shape index (κ3) is 3.83. The smallest absolute Gasteiger partial charge is 0.294 e. The SMILES string of the molecule is CCOCCCNC(=O)C(=O)c1c(-c2ccccc2)cc2ccccn12. The van der Waals surface area contributed by atoms with E-state index in [0.29, 0.717) is 31.9 Å². The second kappa shape index (κ2) is 8.45. The Morgan fingerprint density at radius 1 is 1.08 bits per heavy atom. The summed E-state index contributed by atoms with van der Waals surface area (Å²) in [5.41, 5.74) is 2.92. The zero-order chi connectivity index (χ0) is 18.4. The van der Waals surface area contributed by atoms with Gasteiger partial charge in [-0.05, 0) is 37.1 Å². The van der Waals surface area contributed by atoms with Gasteiger partial charge in [0, 0.05) is 37.0 Å². The summed E-state index contributed by atoms with van der Waals surface area (Å²) >= 11 is 0. The van der Waals surface area contributed by atoms with Crippen LogP contribution in [0.4, 0.5) is 0 Å². The van der Waals surface area contributed by atoms with Crippen molar-refractivity contribution in [2.45, 2.75) is 13.3 Å². The van der Waals surface area contributed by atoms with Crippen molar-refractivity contribution >= 4 is 17.2 Å². The number of ether oxygens (including phenoxy) is 1. The normalized spacial score (nSPS) is 10.8. The Hall–Kier alpha value is -2.92. The van der Waals surface area contributed by atoms with Gasteiger partial charge in [0.05, 0.1) is 0 Å². The summed E-state index contributed by atoms with van der Waals surface area (Å²) in [7, 11) is 0. The van der Waals surface area contributed by atoms with E-state index in [2.05, 4.69) is 5.32 Å². The first kappa shape index (κ1) is 17.9. The fourth-order valence-corrected chi connectivity index (χ4v) is 2.90. The molecule has 0 aliphatic rings. The van der Waals surface area contributed by atoms with Crippen LogP contribution in [0.2, 0.25) is 0 Å². The number of aromatic nitrogens is 1. The highest BCUT2D eigenvalue weighted by molar-refractivity contribution is 6.43. The summed E-state index contributed by atoms with van der Waals surface area (Å²) in [6.07, 6.45) is 2.48. The Labute approximate surface area is 152 Å². The maximum atomic E-state index is 12.9. The standard InChI is InChI=1S/C21H22N2O3/c1-2-26-14-8-12-22-21(25)20(24)19-18(16-9-4-3-5-10-16)15-17-11-6-7-13-23(17)19/h3-7,9-11,13,15H,2,8,12,14H2,1H3,(H,22,25). The van der Waals surface area contributed by atoms with Crippen LogP contribution >= 0.6 is 0 Å². The Morgan fingerprint density at radius 3 is 2.62 bits per heavy atom. The number of hydrogen-bond donors (Lipinski definition) is 1. The Balaban J connectivity index is 1.88. The zero-order valence-corrected chi connectivity index (χ0v) is 14.8. The van der Waals surface area contributed by atoms with Crippen molar-refractivity contribution in [1.29, 1.82) is 0 Å². The molecule has 2 aromatic heterocycles. The molecule has 0 aliphatic heterocycles. The van der Waals surface area contributed by atoms with Gasteiger partial charge in [-0.3, -0.25) is 9.59 Å². The molecule has 26 heavy (non-hydrogen) atoms. The van der Waals surface area contributed by atoms with Crippen LogP contribution < -0.4 is 5.32 Å². The maximum Gasteiger partial charge on any atom is 0.294 e. The third-order valence-corrected chi connectivity index (χ3v) is 4.14. The number of carbonyl (C=O) groups excluding carboxylic acids is 2. The summed E-state index contributed by atoms with van der Waals surface area (Å²) < 4.78 is 7.01. The number of hydrogen-bond acceptors (Lipinski definition) is 3. The molecule has 0 spiro atoms. The molecular formula is C21H22N2O3. The third-order valence-electron chi connectivity index (χ3n) is 4.14. The molecular weight excluding hydrogens is 328 g/mol. The number of Topliss-reactive ketones (excluding diaryl/α,β-unsaturated/α-hetero) is 1. The molecule has 0 aliphatic carbocycles. The van der Waals surface area contributed by atoms with E-state index in [1.54, 1.807) is 10.6 Å². The van der Waals surface area contributed by atoms with Crippen LogP contribution in [0.15, 0.2) is 60.8 Å². The van der Waals surface area contributed by atoms with Crippen molar-refractivity contribution in [3.8, 4) is 11.1 Å². The number of rotatable bonds is 8. The summed E-state index contributed by atoms with van der Waals surface area (Å²) in [4.78, 5) is 25.3. The molecule has 0 atom stereocenters. The predicted molar refractivity (Wildman–Crippen MR) is 101 cm³/mol. The van der Waals surface area contributed by atoms with Gasteiger partial charge in [0.1, 0.15) is 5.69 Å². The lowest BCUT2D eigenvalue weighted by molar-refractivity contribution is -0.117. The number of pyridine rings is 1. The van der Waals surface area contributed by atoms with Crippen LogP contribution in [0, 0.1) is 0 Å². The van der Waals surface area contributed by atoms with E-state index in [0.717, 1.165) is 16.6 Å². The lowest BCUT2D eigenvalue weighted by Crippen LogP contribution is -2.33. The molecule has 1 amide bonds. The topological polar surface area (TPSA) is 59.8 Å². The fraction of sp³-hybridized carbons (Fsp3) is 0.238. The van der Waals surface area contributed by atoms with E-state index in [1.807, 2.05) is 61.5 Å². The van der Waals surface area contributed by atoms with Crippen molar-refractivity contribution in [3.05, 3.63) is 66.5 Å². The second-order valence-corrected chi connectivity index (χ2v) is 5.90. The summed E-state index contributed by atoms with van der Waals surface area (Å²) in [5, 5.41) is 2.69. The number of nitrogens with zero attached hydrogens (tertiary/aromatic N) is 1. The number of carbonyl (C=O) groups is 2. The van der Waals surface area contributed by atoms with Crippen molar-refractivity contribution in [1.82, 2.24) is 9.72 Å². The molecule has 0 radical (unpaired) electrons. The van der Waals surface area contributed by atoms with Gasteiger partial charge >= 0.3 is 0 Å². The van der Waals surface area contributed by atoms with Crippen LogP contribution in [0.1, 0.15) is 23.8 Å². The molecule has 1 aromatic carbocycles. The molecule has 0 saturated heterocycles.